The van der Waals surface area contributed by atoms with E-state index in [4.69, 9.17) is 5.11 Å². The van der Waals surface area contributed by atoms with Gasteiger partial charge >= 0.3 is 5.97 Å². The average Bonchev–Trinajstić information content (AvgIpc) is 2.69. The highest BCUT2D eigenvalue weighted by molar-refractivity contribution is 5.90. The molecule has 2 N–H and O–H groups in total. The number of aliphatic carboxylic acids is 1. The van der Waals surface area contributed by atoms with E-state index in [1.165, 1.54) is 0 Å². The first-order chi connectivity index (χ1) is 8.41. The molecule has 1 aliphatic heterocycles. The number of amides is 2. The van der Waals surface area contributed by atoms with Crippen molar-refractivity contribution in [2.45, 2.75) is 51.6 Å². The van der Waals surface area contributed by atoms with Gasteiger partial charge in [0.1, 0.15) is 6.04 Å². The first kappa shape index (κ1) is 14.5. The first-order valence-electron chi connectivity index (χ1n) is 6.23. The Labute approximate surface area is 106 Å². The van der Waals surface area contributed by atoms with Crippen molar-refractivity contribution in [2.75, 3.05) is 6.54 Å². The highest BCUT2D eigenvalue weighted by Crippen LogP contribution is 2.12. The van der Waals surface area contributed by atoms with E-state index in [0.29, 0.717) is 25.8 Å². The van der Waals surface area contributed by atoms with E-state index in [2.05, 4.69) is 5.32 Å². The van der Waals surface area contributed by atoms with Gasteiger partial charge in [-0.05, 0) is 26.7 Å². The first-order valence-corrected chi connectivity index (χ1v) is 6.23. The summed E-state index contributed by atoms with van der Waals surface area (Å²) in [5.41, 5.74) is 0. The highest BCUT2D eigenvalue weighted by atomic mass is 16.4. The summed E-state index contributed by atoms with van der Waals surface area (Å²) < 4.78 is 0. The zero-order valence-electron chi connectivity index (χ0n) is 10.8. The third kappa shape index (κ3) is 4.01. The molecule has 0 aromatic carbocycles. The molecule has 0 spiro atoms. The van der Waals surface area contributed by atoms with Gasteiger partial charge in [-0.15, -0.1) is 0 Å². The molecule has 1 rings (SSSR count). The molecule has 0 aromatic rings. The van der Waals surface area contributed by atoms with Crippen LogP contribution in [0.4, 0.5) is 0 Å². The lowest BCUT2D eigenvalue weighted by Gasteiger charge is -2.29. The van der Waals surface area contributed by atoms with Crippen LogP contribution in [0.1, 0.15) is 39.5 Å². The van der Waals surface area contributed by atoms with Crippen molar-refractivity contribution in [3.05, 3.63) is 0 Å². The third-order valence-electron chi connectivity index (χ3n) is 2.99. The van der Waals surface area contributed by atoms with Gasteiger partial charge in [-0.25, -0.2) is 0 Å². The molecule has 6 nitrogen and oxygen atoms in total. The summed E-state index contributed by atoms with van der Waals surface area (Å²) in [6.07, 6.45) is 1.39. The summed E-state index contributed by atoms with van der Waals surface area (Å²) in [5, 5.41) is 11.2. The summed E-state index contributed by atoms with van der Waals surface area (Å²) in [5.74, 6) is -1.07. The fourth-order valence-corrected chi connectivity index (χ4v) is 2.02. The molecule has 0 bridgehead atoms. The monoisotopic (exact) mass is 256 g/mol. The zero-order valence-corrected chi connectivity index (χ0v) is 10.8. The van der Waals surface area contributed by atoms with Gasteiger partial charge in [0.05, 0.1) is 0 Å². The van der Waals surface area contributed by atoms with Crippen molar-refractivity contribution in [3.8, 4) is 0 Å². The van der Waals surface area contributed by atoms with Crippen LogP contribution >= 0.6 is 0 Å². The maximum atomic E-state index is 12.2. The topological polar surface area (TPSA) is 86.7 Å². The van der Waals surface area contributed by atoms with E-state index in [1.54, 1.807) is 4.90 Å². The fourth-order valence-electron chi connectivity index (χ4n) is 2.02. The lowest BCUT2D eigenvalue weighted by Crippen LogP contribution is -2.47. The quantitative estimate of drug-likeness (QED) is 0.718. The predicted molar refractivity (Wildman–Crippen MR) is 64.9 cm³/mol. The van der Waals surface area contributed by atoms with E-state index in [0.717, 1.165) is 0 Å². The minimum absolute atomic E-state index is 0.00352. The minimum Gasteiger partial charge on any atom is -0.481 e. The lowest BCUT2D eigenvalue weighted by molar-refractivity contribution is -0.139. The molecule has 0 radical (unpaired) electrons. The van der Waals surface area contributed by atoms with Gasteiger partial charge in [0.25, 0.3) is 0 Å². The van der Waals surface area contributed by atoms with Crippen molar-refractivity contribution < 1.29 is 19.5 Å². The van der Waals surface area contributed by atoms with Gasteiger partial charge in [0.2, 0.25) is 11.8 Å². The molecule has 18 heavy (non-hydrogen) atoms. The molecule has 0 saturated carbocycles. The van der Waals surface area contributed by atoms with Gasteiger partial charge < -0.3 is 15.3 Å². The van der Waals surface area contributed by atoms with Crippen LogP contribution in [-0.2, 0) is 14.4 Å². The number of carbonyl (C=O) groups excluding carboxylic acids is 2. The minimum atomic E-state index is -0.861. The zero-order chi connectivity index (χ0) is 13.7. The Morgan fingerprint density at radius 2 is 2.17 bits per heavy atom. The largest absolute Gasteiger partial charge is 0.481 e. The van der Waals surface area contributed by atoms with Crippen LogP contribution in [0.25, 0.3) is 0 Å². The van der Waals surface area contributed by atoms with Crippen molar-refractivity contribution in [3.63, 3.8) is 0 Å². The Balaban J connectivity index is 2.52. The van der Waals surface area contributed by atoms with E-state index in [9.17, 15) is 14.4 Å². The fraction of sp³-hybridized carbons (Fsp3) is 0.750. The number of hydrogen-bond acceptors (Lipinski definition) is 3. The molecule has 102 valence electrons. The number of nitrogens with one attached hydrogen (secondary N) is 1. The summed E-state index contributed by atoms with van der Waals surface area (Å²) in [4.78, 5) is 35.4. The second kappa shape index (κ2) is 6.37. The second-order valence-corrected chi connectivity index (χ2v) is 4.78. The third-order valence-corrected chi connectivity index (χ3v) is 2.99. The molecule has 0 unspecified atom stereocenters. The Bertz CT molecular complexity index is 341. The van der Waals surface area contributed by atoms with Crippen molar-refractivity contribution in [2.24, 2.45) is 0 Å². The van der Waals surface area contributed by atoms with Crippen molar-refractivity contribution >= 4 is 17.8 Å². The van der Waals surface area contributed by atoms with Crippen LogP contribution in [-0.4, -0.2) is 46.4 Å². The number of rotatable bonds is 6. The normalized spacial score (nSPS) is 18.8. The van der Waals surface area contributed by atoms with Crippen molar-refractivity contribution in [1.82, 2.24) is 10.2 Å². The van der Waals surface area contributed by atoms with Crippen LogP contribution < -0.4 is 5.32 Å². The van der Waals surface area contributed by atoms with Crippen LogP contribution in [0.2, 0.25) is 0 Å². The van der Waals surface area contributed by atoms with Crippen LogP contribution in [0, 0.1) is 0 Å². The molecule has 1 heterocycles. The number of carboxylic acid groups (broad SMARTS) is 1. The van der Waals surface area contributed by atoms with Gasteiger partial charge in [0, 0.05) is 25.4 Å². The summed E-state index contributed by atoms with van der Waals surface area (Å²) >= 11 is 0. The van der Waals surface area contributed by atoms with Gasteiger partial charge in [0.15, 0.2) is 0 Å². The Hall–Kier alpha value is -1.59. The van der Waals surface area contributed by atoms with Crippen LogP contribution in [0.3, 0.4) is 0 Å². The summed E-state index contributed by atoms with van der Waals surface area (Å²) in [6, 6.07) is -0.437. The molecule has 1 atom stereocenters. The van der Waals surface area contributed by atoms with Gasteiger partial charge in [-0.1, -0.05) is 0 Å². The Morgan fingerprint density at radius 3 is 2.61 bits per heavy atom. The number of hydrogen-bond donors (Lipinski definition) is 2. The molecule has 1 aliphatic rings. The predicted octanol–water partition coefficient (Wildman–Crippen LogP) is 0.367. The summed E-state index contributed by atoms with van der Waals surface area (Å²) in [7, 11) is 0. The smallest absolute Gasteiger partial charge is 0.303 e. The Kier molecular flexibility index (Phi) is 5.12. The van der Waals surface area contributed by atoms with Gasteiger partial charge in [-0.3, -0.25) is 14.4 Å². The number of nitrogens with zero attached hydrogens (tertiary/aromatic N) is 1. The molecule has 0 aliphatic carbocycles. The molecular formula is C12H20N2O4. The molecular weight excluding hydrogens is 236 g/mol. The SMILES string of the molecule is CC(C)N(CCCC(=O)O)C(=O)[C@H]1CCC(=O)N1. The van der Waals surface area contributed by atoms with E-state index in [1.807, 2.05) is 13.8 Å². The summed E-state index contributed by atoms with van der Waals surface area (Å²) in [6.45, 7) is 4.18. The maximum absolute atomic E-state index is 12.2. The van der Waals surface area contributed by atoms with E-state index in [-0.39, 0.29) is 24.3 Å². The van der Waals surface area contributed by atoms with Crippen LogP contribution in [0.5, 0.6) is 0 Å². The van der Waals surface area contributed by atoms with Crippen molar-refractivity contribution in [1.29, 1.82) is 0 Å². The maximum Gasteiger partial charge on any atom is 0.303 e. The molecule has 1 fully saturated rings. The number of carbonyl (C=O) groups is 3. The van der Waals surface area contributed by atoms with Crippen LogP contribution in [0.15, 0.2) is 0 Å². The molecule has 1 saturated heterocycles. The lowest BCUT2D eigenvalue weighted by atomic mass is 10.1. The number of carboxylic acids is 1. The van der Waals surface area contributed by atoms with Gasteiger partial charge in [-0.2, -0.15) is 0 Å². The average molecular weight is 256 g/mol. The molecule has 0 aromatic heterocycles. The molecule has 2 amide bonds. The molecule has 6 heteroatoms. The van der Waals surface area contributed by atoms with E-state index < -0.39 is 12.0 Å². The Morgan fingerprint density at radius 1 is 1.50 bits per heavy atom. The standard InChI is InChI=1S/C12H20N2O4/c1-8(2)14(7-3-4-11(16)17)12(18)9-5-6-10(15)13-9/h8-9H,3-7H2,1-2H3,(H,13,15)(H,16,17)/t9-/m1/s1. The highest BCUT2D eigenvalue weighted by Gasteiger charge is 2.31. The van der Waals surface area contributed by atoms with E-state index >= 15 is 0 Å². The second-order valence-electron chi connectivity index (χ2n) is 4.78.